The molecule has 0 aliphatic heterocycles. The Hall–Kier alpha value is -1.01. The topological polar surface area (TPSA) is 89.4 Å². The number of hydrogen-bond donors (Lipinski definition) is 2. The largest absolute Gasteiger partial charge is 0.480 e. The highest BCUT2D eigenvalue weighted by molar-refractivity contribution is 7.99. The highest BCUT2D eigenvalue weighted by Crippen LogP contribution is 2.30. The van der Waals surface area contributed by atoms with E-state index in [1.165, 1.54) is 11.8 Å². The Morgan fingerprint density at radius 2 is 2.47 bits per heavy atom. The molecule has 0 radical (unpaired) electrons. The molecule has 0 saturated heterocycles. The minimum absolute atomic E-state index is 0.543. The molecule has 1 atom stereocenters. The van der Waals surface area contributed by atoms with Gasteiger partial charge in [-0.3, -0.25) is 4.79 Å². The van der Waals surface area contributed by atoms with E-state index in [0.29, 0.717) is 11.5 Å². The number of carbonyl (C=O) groups is 1. The molecule has 15 heavy (non-hydrogen) atoms. The Balaban J connectivity index is 2.53. The van der Waals surface area contributed by atoms with E-state index in [4.69, 9.17) is 15.4 Å². The van der Waals surface area contributed by atoms with Gasteiger partial charge >= 0.3 is 5.97 Å². The predicted octanol–water partition coefficient (Wildman–Crippen LogP) is 1.10. The molecule has 0 bridgehead atoms. The van der Waals surface area contributed by atoms with Gasteiger partial charge in [0, 0.05) is 10.8 Å². The minimum atomic E-state index is -0.995. The summed E-state index contributed by atoms with van der Waals surface area (Å²) in [5, 5.41) is 12.4. The number of hydrogen-bond acceptors (Lipinski definition) is 5. The van der Waals surface area contributed by atoms with E-state index in [1.54, 1.807) is 26.1 Å². The van der Waals surface area contributed by atoms with Gasteiger partial charge in [0.2, 0.25) is 0 Å². The summed E-state index contributed by atoms with van der Waals surface area (Å²) in [5.41, 5.74) is 5.57. The fourth-order valence-electron chi connectivity index (χ4n) is 0.961. The summed E-state index contributed by atoms with van der Waals surface area (Å²) in [6.45, 7) is 3.60. The van der Waals surface area contributed by atoms with Crippen LogP contribution in [0.2, 0.25) is 0 Å². The number of aromatic nitrogens is 1. The highest BCUT2D eigenvalue weighted by Gasteiger charge is 2.32. The van der Waals surface area contributed by atoms with Crippen LogP contribution in [-0.2, 0) is 10.5 Å². The number of carboxylic acid groups (broad SMARTS) is 1. The lowest BCUT2D eigenvalue weighted by atomic mass is 10.1. The molecule has 0 saturated carbocycles. The van der Waals surface area contributed by atoms with E-state index >= 15 is 0 Å². The monoisotopic (exact) mass is 230 g/mol. The van der Waals surface area contributed by atoms with Crippen LogP contribution in [-0.4, -0.2) is 27.0 Å². The molecule has 1 aromatic rings. The van der Waals surface area contributed by atoms with Crippen molar-refractivity contribution in [3.05, 3.63) is 18.0 Å². The molecule has 1 heterocycles. The highest BCUT2D eigenvalue weighted by atomic mass is 32.2. The zero-order valence-corrected chi connectivity index (χ0v) is 9.45. The van der Waals surface area contributed by atoms with Crippen molar-refractivity contribution < 1.29 is 14.4 Å². The van der Waals surface area contributed by atoms with Crippen LogP contribution in [0.4, 0.5) is 0 Å². The minimum Gasteiger partial charge on any atom is -0.480 e. The Bertz CT molecular complexity index is 324. The quantitative estimate of drug-likeness (QED) is 0.787. The molecule has 0 aliphatic rings. The summed E-state index contributed by atoms with van der Waals surface area (Å²) in [5.74, 6) is 0.282. The Morgan fingerprint density at radius 3 is 2.93 bits per heavy atom. The summed E-state index contributed by atoms with van der Waals surface area (Å²) in [4.78, 5) is 10.7. The third-order valence-electron chi connectivity index (χ3n) is 2.09. The molecule has 84 valence electrons. The molecule has 0 fully saturated rings. The lowest BCUT2D eigenvalue weighted by Gasteiger charge is -2.27. The maximum atomic E-state index is 10.7. The Kier molecular flexibility index (Phi) is 3.76. The van der Waals surface area contributed by atoms with Gasteiger partial charge in [-0.1, -0.05) is 5.16 Å². The second-order valence-corrected chi connectivity index (χ2v) is 5.32. The number of nitrogens with zero attached hydrogens (tertiary/aromatic N) is 1. The summed E-state index contributed by atoms with van der Waals surface area (Å²) in [7, 11) is 0. The lowest BCUT2D eigenvalue weighted by molar-refractivity contribution is -0.139. The van der Waals surface area contributed by atoms with Gasteiger partial charge in [0.1, 0.15) is 11.8 Å². The van der Waals surface area contributed by atoms with Crippen LogP contribution in [0.3, 0.4) is 0 Å². The number of aliphatic carboxylic acids is 1. The smallest absolute Gasteiger partial charge is 0.321 e. The molecule has 1 aromatic heterocycles. The van der Waals surface area contributed by atoms with Gasteiger partial charge in [-0.15, -0.1) is 11.8 Å². The molecule has 6 heteroatoms. The van der Waals surface area contributed by atoms with Crippen LogP contribution in [0, 0.1) is 0 Å². The van der Waals surface area contributed by atoms with Crippen LogP contribution in [0.25, 0.3) is 0 Å². The van der Waals surface area contributed by atoms with Crippen molar-refractivity contribution in [3.63, 3.8) is 0 Å². The maximum Gasteiger partial charge on any atom is 0.321 e. The zero-order chi connectivity index (χ0) is 11.5. The summed E-state index contributed by atoms with van der Waals surface area (Å²) >= 11 is 1.43. The van der Waals surface area contributed by atoms with E-state index in [1.807, 2.05) is 0 Å². The molecule has 0 amide bonds. The first-order valence-electron chi connectivity index (χ1n) is 4.45. The third-order valence-corrected chi connectivity index (χ3v) is 3.52. The van der Waals surface area contributed by atoms with Gasteiger partial charge in [-0.05, 0) is 13.8 Å². The number of nitrogens with two attached hydrogens (primary N) is 1. The van der Waals surface area contributed by atoms with Crippen LogP contribution in [0.1, 0.15) is 19.6 Å². The first kappa shape index (κ1) is 12.1. The first-order chi connectivity index (χ1) is 6.93. The van der Waals surface area contributed by atoms with Crippen molar-refractivity contribution in [2.45, 2.75) is 30.4 Å². The average Bonchev–Trinajstić information content (AvgIpc) is 2.66. The van der Waals surface area contributed by atoms with Crippen molar-refractivity contribution in [1.29, 1.82) is 0 Å². The van der Waals surface area contributed by atoms with Crippen LogP contribution >= 0.6 is 11.8 Å². The molecule has 0 aromatic carbocycles. The molecule has 5 nitrogen and oxygen atoms in total. The van der Waals surface area contributed by atoms with E-state index in [2.05, 4.69) is 5.16 Å². The van der Waals surface area contributed by atoms with Crippen LogP contribution in [0.5, 0.6) is 0 Å². The van der Waals surface area contributed by atoms with E-state index in [0.717, 1.165) is 0 Å². The molecular formula is C9H14N2O3S. The Labute approximate surface area is 92.0 Å². The fraction of sp³-hybridized carbons (Fsp3) is 0.556. The zero-order valence-electron chi connectivity index (χ0n) is 8.64. The number of thioether (sulfide) groups is 1. The molecule has 3 N–H and O–H groups in total. The third kappa shape index (κ3) is 3.24. The van der Waals surface area contributed by atoms with Crippen molar-refractivity contribution in [1.82, 2.24) is 5.16 Å². The maximum absolute atomic E-state index is 10.7. The molecule has 0 spiro atoms. The number of rotatable bonds is 5. The summed E-state index contributed by atoms with van der Waals surface area (Å²) in [6, 6.07) is 0.848. The molecule has 0 unspecified atom stereocenters. The fourth-order valence-corrected chi connectivity index (χ4v) is 1.90. The van der Waals surface area contributed by atoms with Gasteiger partial charge in [-0.2, -0.15) is 0 Å². The van der Waals surface area contributed by atoms with Crippen molar-refractivity contribution >= 4 is 17.7 Å². The summed E-state index contributed by atoms with van der Waals surface area (Å²) in [6.07, 6.45) is 1.56. The van der Waals surface area contributed by atoms with Crippen LogP contribution in [0.15, 0.2) is 16.8 Å². The van der Waals surface area contributed by atoms with Gasteiger partial charge in [0.05, 0.1) is 11.9 Å². The van der Waals surface area contributed by atoms with E-state index in [9.17, 15) is 4.79 Å². The van der Waals surface area contributed by atoms with Gasteiger partial charge in [0.15, 0.2) is 0 Å². The molecule has 0 aliphatic carbocycles. The number of carboxylic acids is 1. The van der Waals surface area contributed by atoms with Crippen molar-refractivity contribution in [3.8, 4) is 0 Å². The summed E-state index contributed by atoms with van der Waals surface area (Å²) < 4.78 is 4.37. The Morgan fingerprint density at radius 1 is 1.80 bits per heavy atom. The predicted molar refractivity (Wildman–Crippen MR) is 57.5 cm³/mol. The standard InChI is InChI=1S/C9H14N2O3S/c1-9(2,7(10)8(12)13)15-5-6-3-4-11-14-6/h3-4,7H,5,10H2,1-2H3,(H,12,13)/t7-/m1/s1. The van der Waals surface area contributed by atoms with Crippen molar-refractivity contribution in [2.24, 2.45) is 5.73 Å². The molecule has 1 rings (SSSR count). The van der Waals surface area contributed by atoms with E-state index in [-0.39, 0.29) is 0 Å². The van der Waals surface area contributed by atoms with E-state index < -0.39 is 16.8 Å². The van der Waals surface area contributed by atoms with Crippen molar-refractivity contribution in [2.75, 3.05) is 0 Å². The van der Waals surface area contributed by atoms with Crippen LogP contribution < -0.4 is 5.73 Å². The lowest BCUT2D eigenvalue weighted by Crippen LogP contribution is -2.46. The SMILES string of the molecule is CC(C)(SCc1ccno1)[C@H](N)C(=O)O. The first-order valence-corrected chi connectivity index (χ1v) is 5.44. The normalized spacial score (nSPS) is 13.8. The second-order valence-electron chi connectivity index (χ2n) is 3.69. The average molecular weight is 230 g/mol. The van der Waals surface area contributed by atoms with Gasteiger partial charge < -0.3 is 15.4 Å². The van der Waals surface area contributed by atoms with Gasteiger partial charge in [-0.25, -0.2) is 0 Å². The van der Waals surface area contributed by atoms with Gasteiger partial charge in [0.25, 0.3) is 0 Å². The second kappa shape index (κ2) is 4.67. The molecular weight excluding hydrogens is 216 g/mol.